The van der Waals surface area contributed by atoms with Crippen LogP contribution in [-0.2, 0) is 6.61 Å². The van der Waals surface area contributed by atoms with Gasteiger partial charge in [-0.3, -0.25) is 10.1 Å². The van der Waals surface area contributed by atoms with Gasteiger partial charge in [-0.25, -0.2) is 14.4 Å². The van der Waals surface area contributed by atoms with Gasteiger partial charge in [-0.2, -0.15) is 4.39 Å². The van der Waals surface area contributed by atoms with Crippen LogP contribution in [0.4, 0.5) is 26.0 Å². The smallest absolute Gasteiger partial charge is 0.305 e. The summed E-state index contributed by atoms with van der Waals surface area (Å²) in [6, 6.07) is 12.9. The highest BCUT2D eigenvalue weighted by Gasteiger charge is 2.18. The third kappa shape index (κ3) is 4.51. The van der Waals surface area contributed by atoms with E-state index in [-0.39, 0.29) is 29.1 Å². The first kappa shape index (κ1) is 20.4. The fourth-order valence-electron chi connectivity index (χ4n) is 2.88. The lowest BCUT2D eigenvalue weighted by Gasteiger charge is -2.12. The molecule has 4 rings (SSSR count). The minimum Gasteiger partial charge on any atom is -0.487 e. The molecule has 0 aliphatic rings. The number of rotatable bonds is 6. The van der Waals surface area contributed by atoms with Crippen molar-refractivity contribution in [2.24, 2.45) is 0 Å². The molecule has 0 saturated heterocycles. The molecule has 0 radical (unpaired) electrons. The minimum atomic E-state index is -0.979. The number of hydrogen-bond acceptors (Lipinski definition) is 6. The van der Waals surface area contributed by atoms with Gasteiger partial charge in [0, 0.05) is 17.8 Å². The van der Waals surface area contributed by atoms with Gasteiger partial charge in [0.2, 0.25) is 5.82 Å². The topological polar surface area (TPSA) is 90.2 Å². The van der Waals surface area contributed by atoms with Crippen molar-refractivity contribution in [1.82, 2.24) is 9.97 Å². The maximum absolute atomic E-state index is 13.9. The molecule has 0 spiro atoms. The van der Waals surface area contributed by atoms with E-state index in [1.165, 1.54) is 18.5 Å². The average Bonchev–Trinajstić information content (AvgIpc) is 2.74. The van der Waals surface area contributed by atoms with E-state index in [4.69, 9.17) is 16.3 Å². The highest BCUT2D eigenvalue weighted by atomic mass is 35.5. The van der Waals surface area contributed by atoms with Gasteiger partial charge in [0.15, 0.2) is 0 Å². The first-order valence-electron chi connectivity index (χ1n) is 8.93. The number of fused-ring (bicyclic) bond motifs is 1. The Morgan fingerprint density at radius 3 is 2.55 bits per heavy atom. The molecular weight excluding hydrogens is 430 g/mol. The molecule has 1 N–H and O–H groups in total. The van der Waals surface area contributed by atoms with Crippen molar-refractivity contribution in [1.29, 1.82) is 0 Å². The fraction of sp³-hybridized carbons (Fsp3) is 0.0476. The van der Waals surface area contributed by atoms with Crippen molar-refractivity contribution >= 4 is 39.7 Å². The fourth-order valence-corrected chi connectivity index (χ4v) is 3.11. The summed E-state index contributed by atoms with van der Waals surface area (Å²) in [5, 5.41) is 14.6. The molecule has 1 heterocycles. The Balaban J connectivity index is 1.56. The van der Waals surface area contributed by atoms with E-state index >= 15 is 0 Å². The zero-order valence-corrected chi connectivity index (χ0v) is 16.4. The van der Waals surface area contributed by atoms with E-state index in [0.717, 1.165) is 17.7 Å². The van der Waals surface area contributed by atoms with E-state index < -0.39 is 16.4 Å². The Bertz CT molecular complexity index is 1290. The summed E-state index contributed by atoms with van der Waals surface area (Å²) < 4.78 is 32.5. The van der Waals surface area contributed by atoms with Crippen LogP contribution < -0.4 is 10.1 Å². The third-order valence-corrected chi connectivity index (χ3v) is 4.70. The van der Waals surface area contributed by atoms with E-state index in [2.05, 4.69) is 15.3 Å². The van der Waals surface area contributed by atoms with Crippen LogP contribution in [0.3, 0.4) is 0 Å². The number of anilines is 2. The number of nitrogens with one attached hydrogen (secondary N) is 1. The Morgan fingerprint density at radius 1 is 1.06 bits per heavy atom. The van der Waals surface area contributed by atoms with E-state index in [9.17, 15) is 18.9 Å². The van der Waals surface area contributed by atoms with Crippen molar-refractivity contribution in [2.75, 3.05) is 5.32 Å². The van der Waals surface area contributed by atoms with Crippen molar-refractivity contribution in [2.45, 2.75) is 6.61 Å². The predicted molar refractivity (Wildman–Crippen MR) is 112 cm³/mol. The number of hydrogen-bond donors (Lipinski definition) is 1. The maximum atomic E-state index is 13.9. The van der Waals surface area contributed by atoms with Gasteiger partial charge in [0.1, 0.15) is 30.3 Å². The van der Waals surface area contributed by atoms with Gasteiger partial charge >= 0.3 is 5.69 Å². The lowest BCUT2D eigenvalue weighted by Crippen LogP contribution is -2.00. The van der Waals surface area contributed by atoms with Crippen LogP contribution in [0.15, 0.2) is 60.9 Å². The Morgan fingerprint density at radius 2 is 1.84 bits per heavy atom. The molecule has 10 heteroatoms. The Kier molecular flexibility index (Phi) is 5.59. The Hall–Kier alpha value is -3.85. The molecule has 0 aliphatic carbocycles. The van der Waals surface area contributed by atoms with E-state index in [1.807, 2.05) is 0 Å². The number of halogens is 3. The van der Waals surface area contributed by atoms with Gasteiger partial charge in [0.25, 0.3) is 0 Å². The zero-order valence-electron chi connectivity index (χ0n) is 15.7. The van der Waals surface area contributed by atoms with Gasteiger partial charge in [-0.05, 0) is 35.9 Å². The number of nitrogens with zero attached hydrogens (tertiary/aromatic N) is 3. The standard InChI is InChI=1S/C21H13ClF2N4O3/c22-16-7-14(5-6-20(16)31-10-12-1-3-13(23)4-2-12)27-21-15-8-19(28(29)30)17(24)9-18(15)25-11-26-21/h1-9,11H,10H2,(H,25,26,27). The summed E-state index contributed by atoms with van der Waals surface area (Å²) in [6.45, 7) is 0.207. The van der Waals surface area contributed by atoms with Crippen LogP contribution >= 0.6 is 11.6 Å². The summed E-state index contributed by atoms with van der Waals surface area (Å²) >= 11 is 6.30. The summed E-state index contributed by atoms with van der Waals surface area (Å²) in [7, 11) is 0. The van der Waals surface area contributed by atoms with Crippen LogP contribution in [0.2, 0.25) is 5.02 Å². The van der Waals surface area contributed by atoms with Crippen molar-refractivity contribution in [3.8, 4) is 5.75 Å². The maximum Gasteiger partial charge on any atom is 0.305 e. The lowest BCUT2D eigenvalue weighted by molar-refractivity contribution is -0.387. The van der Waals surface area contributed by atoms with Crippen LogP contribution in [0.25, 0.3) is 10.9 Å². The SMILES string of the molecule is O=[N+]([O-])c1cc2c(Nc3ccc(OCc4ccc(F)cc4)c(Cl)c3)ncnc2cc1F. The molecule has 4 aromatic rings. The average molecular weight is 443 g/mol. The quantitative estimate of drug-likeness (QED) is 0.300. The van der Waals surface area contributed by atoms with Crippen LogP contribution in [-0.4, -0.2) is 14.9 Å². The molecule has 0 amide bonds. The van der Waals surface area contributed by atoms with E-state index in [1.54, 1.807) is 30.3 Å². The third-order valence-electron chi connectivity index (χ3n) is 4.40. The monoisotopic (exact) mass is 442 g/mol. The molecule has 0 atom stereocenters. The molecular formula is C21H13ClF2N4O3. The zero-order chi connectivity index (χ0) is 22.0. The number of nitro benzene ring substituents is 1. The van der Waals surface area contributed by atoms with Gasteiger partial charge in [-0.15, -0.1) is 0 Å². The second-order valence-electron chi connectivity index (χ2n) is 6.49. The number of nitro groups is 1. The molecule has 31 heavy (non-hydrogen) atoms. The van der Waals surface area contributed by atoms with Crippen LogP contribution in [0, 0.1) is 21.7 Å². The normalized spacial score (nSPS) is 10.8. The Labute approximate surface area is 179 Å². The first-order valence-corrected chi connectivity index (χ1v) is 9.31. The number of benzene rings is 3. The number of aromatic nitrogens is 2. The lowest BCUT2D eigenvalue weighted by atomic mass is 10.2. The van der Waals surface area contributed by atoms with Crippen LogP contribution in [0.5, 0.6) is 5.75 Å². The van der Waals surface area contributed by atoms with Gasteiger partial charge in [0.05, 0.1) is 20.8 Å². The van der Waals surface area contributed by atoms with Gasteiger partial charge < -0.3 is 10.1 Å². The minimum absolute atomic E-state index is 0.207. The molecule has 0 unspecified atom stereocenters. The van der Waals surface area contributed by atoms with Crippen LogP contribution in [0.1, 0.15) is 5.56 Å². The molecule has 0 bridgehead atoms. The summed E-state index contributed by atoms with van der Waals surface area (Å²) in [5.74, 6) is -0.638. The largest absolute Gasteiger partial charge is 0.487 e. The number of ether oxygens (including phenoxy) is 1. The summed E-state index contributed by atoms with van der Waals surface area (Å²) in [4.78, 5) is 18.3. The second kappa shape index (κ2) is 8.49. The summed E-state index contributed by atoms with van der Waals surface area (Å²) in [5.41, 5.74) is 0.853. The van der Waals surface area contributed by atoms with Gasteiger partial charge in [-0.1, -0.05) is 23.7 Å². The molecule has 0 fully saturated rings. The second-order valence-corrected chi connectivity index (χ2v) is 6.89. The molecule has 3 aromatic carbocycles. The highest BCUT2D eigenvalue weighted by molar-refractivity contribution is 6.32. The molecule has 7 nitrogen and oxygen atoms in total. The van der Waals surface area contributed by atoms with Crippen molar-refractivity contribution in [3.63, 3.8) is 0 Å². The molecule has 0 saturated carbocycles. The predicted octanol–water partition coefficient (Wildman–Crippen LogP) is 5.79. The van der Waals surface area contributed by atoms with Crippen molar-refractivity contribution < 1.29 is 18.4 Å². The molecule has 1 aromatic heterocycles. The first-order chi connectivity index (χ1) is 14.9. The van der Waals surface area contributed by atoms with Crippen molar-refractivity contribution in [3.05, 3.63) is 93.3 Å². The summed E-state index contributed by atoms with van der Waals surface area (Å²) in [6.07, 6.45) is 1.22. The van der Waals surface area contributed by atoms with E-state index in [0.29, 0.717) is 16.5 Å². The molecule has 0 aliphatic heterocycles. The highest BCUT2D eigenvalue weighted by Crippen LogP contribution is 2.32. The molecule has 156 valence electrons.